The molecule has 1 aliphatic heterocycles. The lowest BCUT2D eigenvalue weighted by molar-refractivity contribution is -0.143. The van der Waals surface area contributed by atoms with Crippen LogP contribution >= 0.6 is 23.4 Å². The van der Waals surface area contributed by atoms with Crippen LogP contribution in [0.5, 0.6) is 0 Å². The molecular weight excluding hydrogens is 424 g/mol. The van der Waals surface area contributed by atoms with E-state index in [0.717, 1.165) is 38.7 Å². The summed E-state index contributed by atoms with van der Waals surface area (Å²) in [6, 6.07) is 15.5. The van der Waals surface area contributed by atoms with Crippen LogP contribution in [0.4, 0.5) is 4.79 Å². The van der Waals surface area contributed by atoms with Gasteiger partial charge in [0.1, 0.15) is 6.54 Å². The number of carbonyl (C=O) groups excluding carboxylic acids is 3. The summed E-state index contributed by atoms with van der Waals surface area (Å²) in [5.74, 6) is -1.14. The molecule has 4 rings (SSSR count). The Morgan fingerprint density at radius 3 is 2.73 bits per heavy atom. The van der Waals surface area contributed by atoms with E-state index in [-0.39, 0.29) is 4.91 Å². The third-order valence-electron chi connectivity index (χ3n) is 4.74. The molecule has 1 aliphatic rings. The van der Waals surface area contributed by atoms with Crippen molar-refractivity contribution >= 4 is 57.5 Å². The summed E-state index contributed by atoms with van der Waals surface area (Å²) in [7, 11) is 1.21. The number of hydrogen-bond donors (Lipinski definition) is 0. The molecule has 1 saturated heterocycles. The van der Waals surface area contributed by atoms with Crippen molar-refractivity contribution < 1.29 is 19.1 Å². The Morgan fingerprint density at radius 1 is 1.17 bits per heavy atom. The van der Waals surface area contributed by atoms with Crippen LogP contribution in [0.2, 0.25) is 5.02 Å². The molecule has 0 spiro atoms. The van der Waals surface area contributed by atoms with Gasteiger partial charge in [0.2, 0.25) is 0 Å². The van der Waals surface area contributed by atoms with Crippen LogP contribution < -0.4 is 0 Å². The largest absolute Gasteiger partial charge is 0.468 e. The molecule has 0 N–H and O–H groups in total. The zero-order chi connectivity index (χ0) is 21.3. The number of rotatable bonds is 5. The number of fused-ring (bicyclic) bond motifs is 1. The number of hydrogen-bond acceptors (Lipinski definition) is 5. The minimum atomic E-state index is -0.642. The normalized spacial score (nSPS) is 15.4. The average Bonchev–Trinajstić information content (AvgIpc) is 3.20. The van der Waals surface area contributed by atoms with E-state index in [4.69, 9.17) is 11.6 Å². The first kappa shape index (κ1) is 20.3. The molecule has 0 bridgehead atoms. The molecule has 0 atom stereocenters. The molecule has 1 fully saturated rings. The molecule has 2 amide bonds. The van der Waals surface area contributed by atoms with Gasteiger partial charge in [0.05, 0.1) is 12.0 Å². The highest BCUT2D eigenvalue weighted by atomic mass is 35.5. The fraction of sp³-hybridized carbons (Fsp3) is 0.136. The van der Waals surface area contributed by atoms with Crippen LogP contribution in [0.1, 0.15) is 11.1 Å². The third kappa shape index (κ3) is 3.99. The number of imide groups is 1. The molecule has 8 heteroatoms. The Bertz CT molecular complexity index is 1200. The predicted octanol–water partition coefficient (Wildman–Crippen LogP) is 4.55. The number of halogens is 1. The van der Waals surface area contributed by atoms with Crippen molar-refractivity contribution in [2.75, 3.05) is 13.7 Å². The van der Waals surface area contributed by atoms with Gasteiger partial charge < -0.3 is 9.30 Å². The number of carbonyl (C=O) groups is 3. The van der Waals surface area contributed by atoms with Crippen molar-refractivity contribution in [2.45, 2.75) is 6.54 Å². The molecule has 30 heavy (non-hydrogen) atoms. The van der Waals surface area contributed by atoms with Gasteiger partial charge in [-0.1, -0.05) is 41.9 Å². The molecule has 2 heterocycles. The van der Waals surface area contributed by atoms with Gasteiger partial charge >= 0.3 is 5.97 Å². The van der Waals surface area contributed by atoms with Gasteiger partial charge in [0.25, 0.3) is 11.1 Å². The van der Waals surface area contributed by atoms with Crippen LogP contribution in [-0.4, -0.2) is 40.2 Å². The Kier molecular flexibility index (Phi) is 5.65. The van der Waals surface area contributed by atoms with Crippen LogP contribution in [0.25, 0.3) is 17.0 Å². The average molecular weight is 441 g/mol. The van der Waals surface area contributed by atoms with Crippen LogP contribution in [0.3, 0.4) is 0 Å². The van der Waals surface area contributed by atoms with Gasteiger partial charge in [-0.05, 0) is 41.6 Å². The van der Waals surface area contributed by atoms with E-state index in [1.807, 2.05) is 54.7 Å². The molecule has 0 aliphatic carbocycles. The molecule has 6 nitrogen and oxygen atoms in total. The highest BCUT2D eigenvalue weighted by molar-refractivity contribution is 8.18. The standard InChI is InChI=1S/C22H17ClN2O4S/c1-29-20(26)13-25-21(27)19(30-22(25)28)10-15-12-24(18-8-3-2-7-17(15)18)11-14-5-4-6-16(23)9-14/h2-10,12H,11,13H2,1H3/b19-10-. The Labute approximate surface area is 182 Å². The number of ether oxygens (including phenoxy) is 1. The van der Waals surface area contributed by atoms with E-state index in [1.165, 1.54) is 7.11 Å². The van der Waals surface area contributed by atoms with Crippen molar-refractivity contribution in [1.29, 1.82) is 0 Å². The van der Waals surface area contributed by atoms with E-state index in [1.54, 1.807) is 6.08 Å². The van der Waals surface area contributed by atoms with Gasteiger partial charge in [0, 0.05) is 34.2 Å². The number of nitrogens with zero attached hydrogens (tertiary/aromatic N) is 2. The second-order valence-electron chi connectivity index (χ2n) is 6.70. The minimum Gasteiger partial charge on any atom is -0.468 e. The molecule has 0 unspecified atom stereocenters. The van der Waals surface area contributed by atoms with Gasteiger partial charge in [-0.2, -0.15) is 0 Å². The number of methoxy groups -OCH3 is 1. The van der Waals surface area contributed by atoms with Gasteiger partial charge in [-0.25, -0.2) is 0 Å². The lowest BCUT2D eigenvalue weighted by Crippen LogP contribution is -2.34. The first-order valence-corrected chi connectivity index (χ1v) is 10.3. The summed E-state index contributed by atoms with van der Waals surface area (Å²) in [5, 5.41) is 1.14. The molecule has 2 aromatic carbocycles. The number of esters is 1. The minimum absolute atomic E-state index is 0.273. The number of thioether (sulfide) groups is 1. The van der Waals surface area contributed by atoms with Gasteiger partial charge in [-0.15, -0.1) is 0 Å². The van der Waals surface area contributed by atoms with Crippen molar-refractivity contribution in [3.63, 3.8) is 0 Å². The number of amides is 2. The summed E-state index contributed by atoms with van der Waals surface area (Å²) in [6.07, 6.45) is 3.64. The second kappa shape index (κ2) is 8.38. The number of aromatic nitrogens is 1. The topological polar surface area (TPSA) is 68.6 Å². The van der Waals surface area contributed by atoms with Crippen molar-refractivity contribution in [3.8, 4) is 0 Å². The zero-order valence-electron chi connectivity index (χ0n) is 16.0. The molecule has 3 aromatic rings. The second-order valence-corrected chi connectivity index (χ2v) is 8.13. The van der Waals surface area contributed by atoms with E-state index >= 15 is 0 Å². The summed E-state index contributed by atoms with van der Waals surface area (Å²) in [4.78, 5) is 37.5. The van der Waals surface area contributed by atoms with Crippen LogP contribution in [0, 0.1) is 0 Å². The SMILES string of the molecule is COC(=O)CN1C(=O)S/C(=C\c2cn(Cc3cccc(Cl)c3)c3ccccc23)C1=O. The van der Waals surface area contributed by atoms with E-state index < -0.39 is 23.7 Å². The van der Waals surface area contributed by atoms with Crippen LogP contribution in [-0.2, 0) is 20.9 Å². The molecule has 0 saturated carbocycles. The fourth-order valence-corrected chi connectivity index (χ4v) is 4.37. The predicted molar refractivity (Wildman–Crippen MR) is 117 cm³/mol. The first-order valence-electron chi connectivity index (χ1n) is 9.11. The van der Waals surface area contributed by atoms with Crippen molar-refractivity contribution in [2.24, 2.45) is 0 Å². The monoisotopic (exact) mass is 440 g/mol. The molecule has 0 radical (unpaired) electrons. The summed E-state index contributed by atoms with van der Waals surface area (Å²) >= 11 is 6.93. The molecular formula is C22H17ClN2O4S. The van der Waals surface area contributed by atoms with Crippen LogP contribution in [0.15, 0.2) is 59.6 Å². The van der Waals surface area contributed by atoms with Gasteiger partial charge in [0.15, 0.2) is 0 Å². The Balaban J connectivity index is 1.69. The lowest BCUT2D eigenvalue weighted by atomic mass is 10.1. The third-order valence-corrected chi connectivity index (χ3v) is 5.88. The van der Waals surface area contributed by atoms with Gasteiger partial charge in [-0.3, -0.25) is 19.3 Å². The highest BCUT2D eigenvalue weighted by Gasteiger charge is 2.36. The molecule has 1 aromatic heterocycles. The fourth-order valence-electron chi connectivity index (χ4n) is 3.32. The number of benzene rings is 2. The maximum Gasteiger partial charge on any atom is 0.325 e. The first-order chi connectivity index (χ1) is 14.5. The Morgan fingerprint density at radius 2 is 1.97 bits per heavy atom. The maximum absolute atomic E-state index is 12.6. The van der Waals surface area contributed by atoms with Crippen molar-refractivity contribution in [3.05, 3.63) is 75.8 Å². The smallest absolute Gasteiger partial charge is 0.325 e. The van der Waals surface area contributed by atoms with E-state index in [9.17, 15) is 14.4 Å². The number of para-hydroxylation sites is 1. The maximum atomic E-state index is 12.6. The molecule has 152 valence electrons. The quantitative estimate of drug-likeness (QED) is 0.430. The zero-order valence-corrected chi connectivity index (χ0v) is 17.6. The summed E-state index contributed by atoms with van der Waals surface area (Å²) < 4.78 is 6.64. The van der Waals surface area contributed by atoms with E-state index in [2.05, 4.69) is 9.30 Å². The Hall–Kier alpha value is -3.03. The summed E-state index contributed by atoms with van der Waals surface area (Å²) in [6.45, 7) is 0.216. The van der Waals surface area contributed by atoms with E-state index in [0.29, 0.717) is 11.6 Å². The summed E-state index contributed by atoms with van der Waals surface area (Å²) in [5.41, 5.74) is 2.86. The lowest BCUT2D eigenvalue weighted by Gasteiger charge is -2.09. The van der Waals surface area contributed by atoms with Crippen molar-refractivity contribution in [1.82, 2.24) is 9.47 Å². The highest BCUT2D eigenvalue weighted by Crippen LogP contribution is 2.34.